The number of hydrogen-bond donors (Lipinski definition) is 1. The van der Waals surface area contributed by atoms with E-state index in [1.54, 1.807) is 0 Å². The Balaban J connectivity index is 2.79. The molecular formula is C11H10IN. The number of hydrogen-bond acceptors (Lipinski definition) is 1. The summed E-state index contributed by atoms with van der Waals surface area (Å²) in [6.45, 7) is 0.614. The van der Waals surface area contributed by atoms with Crippen molar-refractivity contribution in [2.24, 2.45) is 5.73 Å². The topological polar surface area (TPSA) is 26.0 Å². The molecule has 0 spiro atoms. The van der Waals surface area contributed by atoms with Crippen molar-refractivity contribution in [1.82, 2.24) is 0 Å². The molecule has 0 aromatic heterocycles. The molecule has 2 heteroatoms. The fourth-order valence-electron chi connectivity index (χ4n) is 1.44. The number of nitrogens with two attached hydrogens (primary N) is 1. The zero-order chi connectivity index (χ0) is 9.26. The van der Waals surface area contributed by atoms with Gasteiger partial charge in [0, 0.05) is 10.1 Å². The van der Waals surface area contributed by atoms with E-state index in [0.717, 1.165) is 0 Å². The maximum absolute atomic E-state index is 5.64. The molecule has 0 atom stereocenters. The quantitative estimate of drug-likeness (QED) is 0.800. The highest BCUT2D eigenvalue weighted by atomic mass is 127. The average Bonchev–Trinajstić information content (AvgIpc) is 2.19. The van der Waals surface area contributed by atoms with Gasteiger partial charge in [-0.1, -0.05) is 36.4 Å². The molecule has 13 heavy (non-hydrogen) atoms. The van der Waals surface area contributed by atoms with Crippen LogP contribution in [0.25, 0.3) is 10.8 Å². The number of fused-ring (bicyclic) bond motifs is 1. The lowest BCUT2D eigenvalue weighted by Gasteiger charge is -2.05. The van der Waals surface area contributed by atoms with Gasteiger partial charge in [-0.25, -0.2) is 0 Å². The van der Waals surface area contributed by atoms with Crippen LogP contribution in [0.1, 0.15) is 5.56 Å². The Kier molecular flexibility index (Phi) is 2.51. The van der Waals surface area contributed by atoms with Crippen molar-refractivity contribution in [2.75, 3.05) is 0 Å². The first-order valence-electron chi connectivity index (χ1n) is 4.19. The van der Waals surface area contributed by atoms with Gasteiger partial charge in [0.1, 0.15) is 0 Å². The van der Waals surface area contributed by atoms with Crippen LogP contribution in [0.15, 0.2) is 36.4 Å². The minimum Gasteiger partial charge on any atom is -0.326 e. The summed E-state index contributed by atoms with van der Waals surface area (Å²) >= 11 is 2.36. The Bertz CT molecular complexity index is 437. The fourth-order valence-corrected chi connectivity index (χ4v) is 2.33. The van der Waals surface area contributed by atoms with Crippen LogP contribution in [0.2, 0.25) is 0 Å². The molecule has 0 fully saturated rings. The molecule has 0 amide bonds. The van der Waals surface area contributed by atoms with E-state index in [1.165, 1.54) is 19.9 Å². The second kappa shape index (κ2) is 3.64. The Morgan fingerprint density at radius 2 is 1.85 bits per heavy atom. The minimum absolute atomic E-state index is 0.614. The molecule has 2 aromatic carbocycles. The summed E-state index contributed by atoms with van der Waals surface area (Å²) in [5.41, 5.74) is 6.86. The van der Waals surface area contributed by atoms with Gasteiger partial charge < -0.3 is 5.73 Å². The Labute approximate surface area is 91.1 Å². The van der Waals surface area contributed by atoms with Crippen molar-refractivity contribution >= 4 is 33.4 Å². The highest BCUT2D eigenvalue weighted by Crippen LogP contribution is 2.23. The Morgan fingerprint density at radius 3 is 2.62 bits per heavy atom. The van der Waals surface area contributed by atoms with Gasteiger partial charge >= 0.3 is 0 Å². The summed E-state index contributed by atoms with van der Waals surface area (Å²) in [6.07, 6.45) is 0. The molecule has 0 aliphatic carbocycles. The van der Waals surface area contributed by atoms with Gasteiger partial charge in [0.05, 0.1) is 0 Å². The normalized spacial score (nSPS) is 10.6. The second-order valence-electron chi connectivity index (χ2n) is 2.96. The van der Waals surface area contributed by atoms with Crippen molar-refractivity contribution in [2.45, 2.75) is 6.54 Å². The summed E-state index contributed by atoms with van der Waals surface area (Å²) in [7, 11) is 0. The predicted molar refractivity (Wildman–Crippen MR) is 64.6 cm³/mol. The lowest BCUT2D eigenvalue weighted by Crippen LogP contribution is -1.98. The van der Waals surface area contributed by atoms with Crippen LogP contribution >= 0.6 is 22.6 Å². The first-order chi connectivity index (χ1) is 6.33. The van der Waals surface area contributed by atoms with Crippen molar-refractivity contribution in [3.05, 3.63) is 45.5 Å². The molecule has 2 rings (SSSR count). The lowest BCUT2D eigenvalue weighted by molar-refractivity contribution is 1.07. The monoisotopic (exact) mass is 283 g/mol. The molecule has 0 unspecified atom stereocenters. The van der Waals surface area contributed by atoms with E-state index in [0.29, 0.717) is 6.54 Å². The summed E-state index contributed by atoms with van der Waals surface area (Å²) in [6, 6.07) is 12.6. The second-order valence-corrected chi connectivity index (χ2v) is 4.04. The fraction of sp³-hybridized carbons (Fsp3) is 0.0909. The van der Waals surface area contributed by atoms with E-state index in [9.17, 15) is 0 Å². The Morgan fingerprint density at radius 1 is 1.08 bits per heavy atom. The van der Waals surface area contributed by atoms with Crippen molar-refractivity contribution in [3.8, 4) is 0 Å². The third-order valence-corrected chi connectivity index (χ3v) is 3.44. The molecule has 2 aromatic rings. The Hall–Kier alpha value is -0.610. The van der Waals surface area contributed by atoms with E-state index in [-0.39, 0.29) is 0 Å². The van der Waals surface area contributed by atoms with E-state index in [4.69, 9.17) is 5.73 Å². The van der Waals surface area contributed by atoms with Gasteiger partial charge in [-0.3, -0.25) is 0 Å². The summed E-state index contributed by atoms with van der Waals surface area (Å²) < 4.78 is 1.28. The highest BCUT2D eigenvalue weighted by Gasteiger charge is 2.01. The predicted octanol–water partition coefficient (Wildman–Crippen LogP) is 2.90. The molecule has 0 saturated carbocycles. The van der Waals surface area contributed by atoms with E-state index in [2.05, 4.69) is 59.0 Å². The number of rotatable bonds is 1. The summed E-state index contributed by atoms with van der Waals surface area (Å²) in [5, 5.41) is 2.58. The zero-order valence-electron chi connectivity index (χ0n) is 7.13. The molecule has 66 valence electrons. The minimum atomic E-state index is 0.614. The average molecular weight is 283 g/mol. The summed E-state index contributed by atoms with van der Waals surface area (Å²) in [4.78, 5) is 0. The zero-order valence-corrected chi connectivity index (χ0v) is 9.28. The molecule has 0 heterocycles. The highest BCUT2D eigenvalue weighted by molar-refractivity contribution is 14.1. The van der Waals surface area contributed by atoms with Crippen LogP contribution in [0.4, 0.5) is 0 Å². The van der Waals surface area contributed by atoms with Crippen molar-refractivity contribution < 1.29 is 0 Å². The molecule has 1 nitrogen and oxygen atoms in total. The van der Waals surface area contributed by atoms with Crippen LogP contribution in [0.3, 0.4) is 0 Å². The van der Waals surface area contributed by atoms with Gasteiger partial charge in [-0.2, -0.15) is 0 Å². The third-order valence-electron chi connectivity index (χ3n) is 2.16. The van der Waals surface area contributed by atoms with Crippen LogP contribution in [0.5, 0.6) is 0 Å². The molecule has 0 aliphatic heterocycles. The maximum atomic E-state index is 5.64. The first-order valence-corrected chi connectivity index (χ1v) is 5.27. The van der Waals surface area contributed by atoms with Crippen molar-refractivity contribution in [3.63, 3.8) is 0 Å². The molecule has 0 radical (unpaired) electrons. The van der Waals surface area contributed by atoms with Crippen LogP contribution in [-0.4, -0.2) is 0 Å². The standard InChI is InChI=1S/C11H10IN/c12-11-9(7-13)6-5-8-3-1-2-4-10(8)11/h1-6H,7,13H2. The summed E-state index contributed by atoms with van der Waals surface area (Å²) in [5.74, 6) is 0. The smallest absolute Gasteiger partial charge is 0.0253 e. The van der Waals surface area contributed by atoms with Gasteiger partial charge in [-0.15, -0.1) is 0 Å². The van der Waals surface area contributed by atoms with Gasteiger partial charge in [-0.05, 0) is 38.9 Å². The van der Waals surface area contributed by atoms with Crippen LogP contribution < -0.4 is 5.73 Å². The SMILES string of the molecule is NCc1ccc2ccccc2c1I. The van der Waals surface area contributed by atoms with Crippen LogP contribution in [-0.2, 0) is 6.54 Å². The van der Waals surface area contributed by atoms with E-state index in [1.807, 2.05) is 0 Å². The van der Waals surface area contributed by atoms with Crippen LogP contribution in [0, 0.1) is 3.57 Å². The maximum Gasteiger partial charge on any atom is 0.0253 e. The number of benzene rings is 2. The first kappa shape index (κ1) is 8.97. The van der Waals surface area contributed by atoms with E-state index < -0.39 is 0 Å². The van der Waals surface area contributed by atoms with Gasteiger partial charge in [0.2, 0.25) is 0 Å². The molecule has 0 aliphatic rings. The van der Waals surface area contributed by atoms with Gasteiger partial charge in [0.25, 0.3) is 0 Å². The van der Waals surface area contributed by atoms with E-state index >= 15 is 0 Å². The molecule has 2 N–H and O–H groups in total. The largest absolute Gasteiger partial charge is 0.326 e. The van der Waals surface area contributed by atoms with Gasteiger partial charge in [0.15, 0.2) is 0 Å². The molecule has 0 saturated heterocycles. The third kappa shape index (κ3) is 1.56. The molecular weight excluding hydrogens is 273 g/mol. The lowest BCUT2D eigenvalue weighted by atomic mass is 10.1. The van der Waals surface area contributed by atoms with Crippen molar-refractivity contribution in [1.29, 1.82) is 0 Å². The number of halogens is 1. The molecule has 0 bridgehead atoms.